The minimum Gasteiger partial charge on any atom is -0.349 e. The van der Waals surface area contributed by atoms with Gasteiger partial charge in [0.05, 0.1) is 22.3 Å². The van der Waals surface area contributed by atoms with Crippen LogP contribution < -0.4 is 5.32 Å². The molecule has 3 rings (SSSR count). The summed E-state index contributed by atoms with van der Waals surface area (Å²) in [7, 11) is 0. The maximum Gasteiger partial charge on any atom is 0.233 e. The van der Waals surface area contributed by atoms with Gasteiger partial charge in [-0.3, -0.25) is 4.79 Å². The average Bonchev–Trinajstić information content (AvgIpc) is 3.00. The fraction of sp³-hybridized carbons (Fsp3) is 0.238. The molecule has 2 atom stereocenters. The fourth-order valence-corrected chi connectivity index (χ4v) is 3.77. The fourth-order valence-electron chi connectivity index (χ4n) is 2.83. The normalized spacial score (nSPS) is 13.3. The number of halogens is 1. The molecule has 4 nitrogen and oxygen atoms in total. The van der Waals surface area contributed by atoms with Crippen molar-refractivity contribution in [3.8, 4) is 0 Å². The smallest absolute Gasteiger partial charge is 0.233 e. The predicted octanol–water partition coefficient (Wildman–Crippen LogP) is 4.72. The molecule has 0 bridgehead atoms. The molecule has 0 spiro atoms. The number of fused-ring (bicyclic) bond motifs is 1. The van der Waals surface area contributed by atoms with Gasteiger partial charge < -0.3 is 9.88 Å². The van der Waals surface area contributed by atoms with E-state index in [-0.39, 0.29) is 23.0 Å². The third-order valence-corrected chi connectivity index (χ3v) is 5.40. The van der Waals surface area contributed by atoms with Gasteiger partial charge in [-0.1, -0.05) is 42.1 Å². The summed E-state index contributed by atoms with van der Waals surface area (Å²) in [5, 5.41) is 3.44. The van der Waals surface area contributed by atoms with Gasteiger partial charge in [-0.2, -0.15) is 0 Å². The van der Waals surface area contributed by atoms with E-state index in [2.05, 4.69) is 21.4 Å². The lowest BCUT2D eigenvalue weighted by Crippen LogP contribution is -2.33. The third kappa shape index (κ3) is 4.39. The lowest BCUT2D eigenvalue weighted by atomic mass is 10.1. The highest BCUT2D eigenvalue weighted by Gasteiger charge is 2.20. The molecule has 6 heteroatoms. The van der Waals surface area contributed by atoms with Gasteiger partial charge in [0.15, 0.2) is 5.16 Å². The number of thioether (sulfide) groups is 1. The van der Waals surface area contributed by atoms with Crippen molar-refractivity contribution in [2.24, 2.45) is 0 Å². The molecule has 0 aliphatic heterocycles. The molecule has 1 aromatic heterocycles. The molecular weight excluding hydrogens is 361 g/mol. The van der Waals surface area contributed by atoms with E-state index in [1.165, 1.54) is 23.9 Å². The summed E-state index contributed by atoms with van der Waals surface area (Å²) in [5.41, 5.74) is 2.78. The zero-order chi connectivity index (χ0) is 19.4. The first kappa shape index (κ1) is 19.2. The number of rotatable bonds is 7. The Balaban J connectivity index is 1.72. The van der Waals surface area contributed by atoms with Gasteiger partial charge in [-0.15, -0.1) is 6.58 Å². The average molecular weight is 383 g/mol. The van der Waals surface area contributed by atoms with E-state index in [0.717, 1.165) is 21.8 Å². The van der Waals surface area contributed by atoms with E-state index in [0.29, 0.717) is 6.54 Å². The highest BCUT2D eigenvalue weighted by molar-refractivity contribution is 8.00. The number of nitrogens with zero attached hydrogens (tertiary/aromatic N) is 2. The summed E-state index contributed by atoms with van der Waals surface area (Å²) in [6, 6.07) is 13.8. The third-order valence-electron chi connectivity index (χ3n) is 4.31. The van der Waals surface area contributed by atoms with Crippen LogP contribution in [0.4, 0.5) is 4.39 Å². The second-order valence-corrected chi connectivity index (χ2v) is 7.63. The molecule has 1 heterocycles. The number of carbonyl (C=O) groups excluding carboxylic acids is 1. The van der Waals surface area contributed by atoms with Gasteiger partial charge >= 0.3 is 0 Å². The molecule has 1 amide bonds. The molecule has 140 valence electrons. The molecule has 3 aromatic rings. The maximum atomic E-state index is 13.1. The first-order valence-corrected chi connectivity index (χ1v) is 9.66. The Morgan fingerprint density at radius 2 is 1.96 bits per heavy atom. The molecule has 0 radical (unpaired) electrons. The largest absolute Gasteiger partial charge is 0.349 e. The van der Waals surface area contributed by atoms with Crippen molar-refractivity contribution in [1.29, 1.82) is 0 Å². The number of hydrogen-bond acceptors (Lipinski definition) is 3. The topological polar surface area (TPSA) is 46.9 Å². The molecule has 1 N–H and O–H groups in total. The number of aromatic nitrogens is 2. The van der Waals surface area contributed by atoms with E-state index >= 15 is 0 Å². The Labute approximate surface area is 162 Å². The van der Waals surface area contributed by atoms with Gasteiger partial charge in [0.1, 0.15) is 5.82 Å². The van der Waals surface area contributed by atoms with Crippen LogP contribution in [0.2, 0.25) is 0 Å². The van der Waals surface area contributed by atoms with Crippen molar-refractivity contribution in [3.63, 3.8) is 0 Å². The lowest BCUT2D eigenvalue weighted by Gasteiger charge is -2.18. The monoisotopic (exact) mass is 383 g/mol. The molecule has 27 heavy (non-hydrogen) atoms. The SMILES string of the molecule is C=CCn1c(S[C@H](C)C(=O)N[C@@H](C)c2ccc(F)cc2)nc2ccccc21. The predicted molar refractivity (Wildman–Crippen MR) is 108 cm³/mol. The van der Waals surface area contributed by atoms with Crippen LogP contribution in [0.1, 0.15) is 25.5 Å². The van der Waals surface area contributed by atoms with E-state index in [4.69, 9.17) is 0 Å². The van der Waals surface area contributed by atoms with Gasteiger partial charge in [0.2, 0.25) is 5.91 Å². The molecule has 0 saturated heterocycles. The number of imidazole rings is 1. The summed E-state index contributed by atoms with van der Waals surface area (Å²) < 4.78 is 15.1. The van der Waals surface area contributed by atoms with E-state index in [1.807, 2.05) is 44.2 Å². The Kier molecular flexibility index (Phi) is 5.96. The van der Waals surface area contributed by atoms with E-state index < -0.39 is 0 Å². The number of hydrogen-bond donors (Lipinski definition) is 1. The summed E-state index contributed by atoms with van der Waals surface area (Å²) in [6.45, 7) is 8.18. The Morgan fingerprint density at radius 1 is 1.26 bits per heavy atom. The summed E-state index contributed by atoms with van der Waals surface area (Å²) in [5.74, 6) is -0.378. The van der Waals surface area contributed by atoms with Crippen LogP contribution >= 0.6 is 11.8 Å². The summed E-state index contributed by atoms with van der Waals surface area (Å²) >= 11 is 1.42. The summed E-state index contributed by atoms with van der Waals surface area (Å²) in [4.78, 5) is 17.3. The molecule has 0 unspecified atom stereocenters. The summed E-state index contributed by atoms with van der Waals surface area (Å²) in [6.07, 6.45) is 1.82. The molecule has 0 aliphatic carbocycles. The highest BCUT2D eigenvalue weighted by Crippen LogP contribution is 2.28. The van der Waals surface area contributed by atoms with Gasteiger partial charge in [0.25, 0.3) is 0 Å². The van der Waals surface area contributed by atoms with Crippen molar-refractivity contribution < 1.29 is 9.18 Å². The number of benzene rings is 2. The first-order valence-electron chi connectivity index (χ1n) is 8.78. The molecule has 2 aromatic carbocycles. The second-order valence-electron chi connectivity index (χ2n) is 6.32. The van der Waals surface area contributed by atoms with E-state index in [1.54, 1.807) is 12.1 Å². The number of carbonyl (C=O) groups is 1. The van der Waals surface area contributed by atoms with Gasteiger partial charge in [-0.25, -0.2) is 9.37 Å². The molecule has 0 aliphatic rings. The first-order chi connectivity index (χ1) is 13.0. The number of nitrogens with one attached hydrogen (secondary N) is 1. The number of para-hydroxylation sites is 2. The molecule has 0 saturated carbocycles. The highest BCUT2D eigenvalue weighted by atomic mass is 32.2. The van der Waals surface area contributed by atoms with Crippen LogP contribution in [0.15, 0.2) is 66.3 Å². The van der Waals surface area contributed by atoms with Crippen LogP contribution in [-0.4, -0.2) is 20.7 Å². The van der Waals surface area contributed by atoms with Crippen molar-refractivity contribution in [3.05, 3.63) is 72.6 Å². The Hall–Kier alpha value is -2.60. The van der Waals surface area contributed by atoms with Crippen LogP contribution in [0.5, 0.6) is 0 Å². The quantitative estimate of drug-likeness (QED) is 0.474. The zero-order valence-electron chi connectivity index (χ0n) is 15.4. The van der Waals surface area contributed by atoms with Crippen molar-refractivity contribution in [1.82, 2.24) is 14.9 Å². The minimum absolute atomic E-state index is 0.0889. The standard InChI is InChI=1S/C21H22FN3OS/c1-4-13-25-19-8-6-5-7-18(19)24-21(25)27-15(3)20(26)23-14(2)16-9-11-17(22)12-10-16/h4-12,14-15H,1,13H2,2-3H3,(H,23,26)/t14-,15+/m0/s1. The minimum atomic E-state index is -0.326. The van der Waals surface area contributed by atoms with Crippen LogP contribution in [0.25, 0.3) is 11.0 Å². The zero-order valence-corrected chi connectivity index (χ0v) is 16.2. The number of allylic oxidation sites excluding steroid dienone is 1. The Bertz CT molecular complexity index is 952. The lowest BCUT2D eigenvalue weighted by molar-refractivity contribution is -0.120. The van der Waals surface area contributed by atoms with Crippen molar-refractivity contribution in [2.75, 3.05) is 0 Å². The van der Waals surface area contributed by atoms with Crippen LogP contribution in [0.3, 0.4) is 0 Å². The van der Waals surface area contributed by atoms with Crippen LogP contribution in [0, 0.1) is 5.82 Å². The van der Waals surface area contributed by atoms with Crippen molar-refractivity contribution in [2.45, 2.75) is 36.8 Å². The number of amides is 1. The van der Waals surface area contributed by atoms with Gasteiger partial charge in [0, 0.05) is 6.54 Å². The second kappa shape index (κ2) is 8.39. The molecular formula is C21H22FN3OS. The van der Waals surface area contributed by atoms with Gasteiger partial charge in [-0.05, 0) is 43.7 Å². The molecule has 0 fully saturated rings. The van der Waals surface area contributed by atoms with Crippen LogP contribution in [-0.2, 0) is 11.3 Å². The Morgan fingerprint density at radius 3 is 2.67 bits per heavy atom. The van der Waals surface area contributed by atoms with E-state index in [9.17, 15) is 9.18 Å². The maximum absolute atomic E-state index is 13.1. The van der Waals surface area contributed by atoms with Crippen molar-refractivity contribution >= 4 is 28.7 Å².